The smallest absolute Gasteiger partial charge is 0.1000 e. The van der Waals surface area contributed by atoms with E-state index in [1.165, 1.54) is 4.90 Å². The van der Waals surface area contributed by atoms with Crippen LogP contribution in [0, 0.1) is 0 Å². The van der Waals surface area contributed by atoms with Crippen molar-refractivity contribution in [2.24, 2.45) is 0 Å². The Balaban J connectivity index is 1.69. The maximum atomic E-state index is 4.83. The van der Waals surface area contributed by atoms with Gasteiger partial charge in [0, 0.05) is 22.2 Å². The molecule has 0 atom stereocenters. The molecule has 4 aromatic rings. The third-order valence-electron chi connectivity index (χ3n) is 4.01. The topological polar surface area (TPSA) is 17.8 Å². The zero-order chi connectivity index (χ0) is 17.6. The molecule has 0 N–H and O–H groups in total. The van der Waals surface area contributed by atoms with Crippen molar-refractivity contribution in [3.8, 4) is 16.9 Å². The molecule has 3 aromatic carbocycles. The molecule has 0 amide bonds. The highest BCUT2D eigenvalue weighted by atomic mass is 32.2. The average molecular weight is 354 g/mol. The number of para-hydroxylation sites is 1. The largest absolute Gasteiger partial charge is 0.240 e. The molecule has 1 aromatic heterocycles. The molecule has 4 rings (SSSR count). The van der Waals surface area contributed by atoms with Crippen LogP contribution in [0.3, 0.4) is 0 Å². The summed E-state index contributed by atoms with van der Waals surface area (Å²) in [6.45, 7) is 0. The second-order valence-electron chi connectivity index (χ2n) is 5.81. The Bertz CT molecular complexity index is 990. The van der Waals surface area contributed by atoms with Crippen LogP contribution in [0.25, 0.3) is 23.0 Å². The molecule has 0 aliphatic heterocycles. The standard InChI is InChI=1S/C23H18N2S/c1-4-10-19(11-5-1)23-20(16-17-26-22-14-8-3-9-15-22)18-25(24-23)21-12-6-2-7-13-21/h1-18H/b17-16+. The summed E-state index contributed by atoms with van der Waals surface area (Å²) in [5, 5.41) is 6.95. The number of thioether (sulfide) groups is 1. The Kier molecular flexibility index (Phi) is 4.99. The van der Waals surface area contributed by atoms with E-state index in [1.807, 2.05) is 47.1 Å². The van der Waals surface area contributed by atoms with E-state index >= 15 is 0 Å². The van der Waals surface area contributed by atoms with Crippen LogP contribution >= 0.6 is 11.8 Å². The van der Waals surface area contributed by atoms with Crippen molar-refractivity contribution in [3.05, 3.63) is 108 Å². The highest BCUT2D eigenvalue weighted by molar-refractivity contribution is 8.02. The van der Waals surface area contributed by atoms with E-state index in [4.69, 9.17) is 5.10 Å². The maximum Gasteiger partial charge on any atom is 0.1000 e. The van der Waals surface area contributed by atoms with Crippen LogP contribution in [-0.4, -0.2) is 9.78 Å². The normalized spacial score (nSPS) is 11.1. The molecule has 0 unspecified atom stereocenters. The summed E-state index contributed by atoms with van der Waals surface area (Å²) in [6.07, 6.45) is 4.21. The predicted octanol–water partition coefficient (Wildman–Crippen LogP) is 6.30. The van der Waals surface area contributed by atoms with E-state index in [2.05, 4.69) is 66.2 Å². The van der Waals surface area contributed by atoms with Crippen molar-refractivity contribution in [2.45, 2.75) is 4.90 Å². The van der Waals surface area contributed by atoms with Gasteiger partial charge in [-0.15, -0.1) is 0 Å². The fraction of sp³-hybridized carbons (Fsp3) is 0. The fourth-order valence-electron chi connectivity index (χ4n) is 2.73. The van der Waals surface area contributed by atoms with Gasteiger partial charge in [0.1, 0.15) is 0 Å². The lowest BCUT2D eigenvalue weighted by Crippen LogP contribution is -1.93. The Labute approximate surface area is 157 Å². The molecular weight excluding hydrogens is 336 g/mol. The van der Waals surface area contributed by atoms with Crippen molar-refractivity contribution in [2.75, 3.05) is 0 Å². The quantitative estimate of drug-likeness (QED) is 0.391. The molecule has 2 nitrogen and oxygen atoms in total. The van der Waals surface area contributed by atoms with E-state index in [0.29, 0.717) is 0 Å². The molecule has 0 aliphatic rings. The minimum Gasteiger partial charge on any atom is -0.240 e. The van der Waals surface area contributed by atoms with Crippen LogP contribution in [0.2, 0.25) is 0 Å². The van der Waals surface area contributed by atoms with Gasteiger partial charge in [0.25, 0.3) is 0 Å². The van der Waals surface area contributed by atoms with Crippen LogP contribution < -0.4 is 0 Å². The summed E-state index contributed by atoms with van der Waals surface area (Å²) in [5.41, 5.74) is 4.26. The zero-order valence-corrected chi connectivity index (χ0v) is 15.0. The van der Waals surface area contributed by atoms with Gasteiger partial charge in [0.15, 0.2) is 0 Å². The molecule has 0 saturated carbocycles. The zero-order valence-electron chi connectivity index (χ0n) is 14.2. The summed E-state index contributed by atoms with van der Waals surface area (Å²) < 4.78 is 1.94. The van der Waals surface area contributed by atoms with E-state index in [0.717, 1.165) is 22.5 Å². The SMILES string of the molecule is C(=C\c1cn(-c2ccccc2)nc1-c1ccccc1)/Sc1ccccc1. The summed E-state index contributed by atoms with van der Waals surface area (Å²) in [5.74, 6) is 0. The molecular formula is C23H18N2S. The summed E-state index contributed by atoms with van der Waals surface area (Å²) >= 11 is 1.71. The molecule has 26 heavy (non-hydrogen) atoms. The first-order valence-corrected chi connectivity index (χ1v) is 9.37. The van der Waals surface area contributed by atoms with Crippen LogP contribution in [0.5, 0.6) is 0 Å². The van der Waals surface area contributed by atoms with E-state index in [9.17, 15) is 0 Å². The van der Waals surface area contributed by atoms with Gasteiger partial charge >= 0.3 is 0 Å². The summed E-state index contributed by atoms with van der Waals surface area (Å²) in [4.78, 5) is 1.22. The minimum absolute atomic E-state index is 0.986. The Morgan fingerprint density at radius 3 is 2.04 bits per heavy atom. The van der Waals surface area contributed by atoms with Crippen molar-refractivity contribution in [1.82, 2.24) is 9.78 Å². The highest BCUT2D eigenvalue weighted by Crippen LogP contribution is 2.27. The molecule has 0 saturated heterocycles. The van der Waals surface area contributed by atoms with Crippen LogP contribution in [-0.2, 0) is 0 Å². The molecule has 1 heterocycles. The molecule has 0 aliphatic carbocycles. The summed E-state index contributed by atoms with van der Waals surface area (Å²) in [6, 6.07) is 30.9. The van der Waals surface area contributed by atoms with Crippen LogP contribution in [0.1, 0.15) is 5.56 Å². The maximum absolute atomic E-state index is 4.83. The fourth-order valence-corrected chi connectivity index (χ4v) is 3.41. The first-order chi connectivity index (χ1) is 12.9. The molecule has 3 heteroatoms. The van der Waals surface area contributed by atoms with Crippen LogP contribution in [0.15, 0.2) is 107 Å². The number of nitrogens with zero attached hydrogens (tertiary/aromatic N) is 2. The average Bonchev–Trinajstić information content (AvgIpc) is 3.14. The molecule has 0 spiro atoms. The lowest BCUT2D eigenvalue weighted by molar-refractivity contribution is 0.884. The van der Waals surface area contributed by atoms with Crippen molar-refractivity contribution in [3.63, 3.8) is 0 Å². The van der Waals surface area contributed by atoms with Crippen molar-refractivity contribution < 1.29 is 0 Å². The van der Waals surface area contributed by atoms with Crippen molar-refractivity contribution >= 4 is 17.8 Å². The van der Waals surface area contributed by atoms with Gasteiger partial charge in [0.05, 0.1) is 11.4 Å². The summed E-state index contributed by atoms with van der Waals surface area (Å²) in [7, 11) is 0. The number of benzene rings is 3. The minimum atomic E-state index is 0.986. The third-order valence-corrected chi connectivity index (χ3v) is 4.82. The van der Waals surface area contributed by atoms with E-state index < -0.39 is 0 Å². The van der Waals surface area contributed by atoms with Gasteiger partial charge in [-0.3, -0.25) is 0 Å². The molecule has 126 valence electrons. The molecule has 0 fully saturated rings. The number of hydrogen-bond acceptors (Lipinski definition) is 2. The monoisotopic (exact) mass is 354 g/mol. The van der Waals surface area contributed by atoms with Crippen LogP contribution in [0.4, 0.5) is 0 Å². The first kappa shape index (κ1) is 16.4. The van der Waals surface area contributed by atoms with Gasteiger partial charge in [-0.25, -0.2) is 4.68 Å². The number of aromatic nitrogens is 2. The second kappa shape index (κ2) is 7.89. The lowest BCUT2D eigenvalue weighted by atomic mass is 10.1. The van der Waals surface area contributed by atoms with E-state index in [1.54, 1.807) is 11.8 Å². The molecule has 0 bridgehead atoms. The lowest BCUT2D eigenvalue weighted by Gasteiger charge is -2.00. The van der Waals surface area contributed by atoms with Crippen molar-refractivity contribution in [1.29, 1.82) is 0 Å². The van der Waals surface area contributed by atoms with Gasteiger partial charge in [0.2, 0.25) is 0 Å². The Morgan fingerprint density at radius 2 is 1.35 bits per heavy atom. The third kappa shape index (κ3) is 3.79. The Morgan fingerprint density at radius 1 is 0.731 bits per heavy atom. The van der Waals surface area contributed by atoms with Gasteiger partial charge < -0.3 is 0 Å². The Hall–Kier alpha value is -3.04. The van der Waals surface area contributed by atoms with E-state index in [-0.39, 0.29) is 0 Å². The van der Waals surface area contributed by atoms with Gasteiger partial charge in [-0.05, 0) is 35.7 Å². The number of rotatable bonds is 5. The number of hydrogen-bond donors (Lipinski definition) is 0. The second-order valence-corrected chi connectivity index (χ2v) is 6.79. The van der Waals surface area contributed by atoms with Gasteiger partial charge in [-0.1, -0.05) is 78.5 Å². The predicted molar refractivity (Wildman–Crippen MR) is 110 cm³/mol. The molecule has 0 radical (unpaired) electrons. The highest BCUT2D eigenvalue weighted by Gasteiger charge is 2.10. The first-order valence-electron chi connectivity index (χ1n) is 8.49. The van der Waals surface area contributed by atoms with Gasteiger partial charge in [-0.2, -0.15) is 5.10 Å².